The van der Waals surface area contributed by atoms with Crippen LogP contribution in [0.5, 0.6) is 0 Å². The molecular formula is C14H20N4. The summed E-state index contributed by atoms with van der Waals surface area (Å²) >= 11 is 0. The van der Waals surface area contributed by atoms with Crippen molar-refractivity contribution in [1.29, 1.82) is 0 Å². The highest BCUT2D eigenvalue weighted by Gasteiger charge is 2.20. The summed E-state index contributed by atoms with van der Waals surface area (Å²) in [5.41, 5.74) is 2.45. The number of likely N-dealkylation sites (tertiary alicyclic amines) is 1. The Morgan fingerprint density at radius 3 is 3.11 bits per heavy atom. The van der Waals surface area contributed by atoms with Crippen molar-refractivity contribution in [1.82, 2.24) is 14.9 Å². The summed E-state index contributed by atoms with van der Waals surface area (Å²) in [5, 5.41) is 4.26. The molecule has 4 heteroatoms. The minimum absolute atomic E-state index is 0.711. The molecule has 1 saturated heterocycles. The molecule has 1 atom stereocenters. The number of nitrogens with one attached hydrogen (secondary N) is 2. The third-order valence-corrected chi connectivity index (χ3v) is 3.88. The van der Waals surface area contributed by atoms with Crippen LogP contribution in [0.1, 0.15) is 25.5 Å². The van der Waals surface area contributed by atoms with E-state index in [0.717, 1.165) is 17.9 Å². The highest BCUT2D eigenvalue weighted by molar-refractivity contribution is 5.81. The molecule has 4 nitrogen and oxygen atoms in total. The van der Waals surface area contributed by atoms with Crippen molar-refractivity contribution in [3.05, 3.63) is 24.0 Å². The van der Waals surface area contributed by atoms with Crippen LogP contribution in [0.4, 0.5) is 5.82 Å². The molecule has 0 radical (unpaired) electrons. The third kappa shape index (κ3) is 2.08. The van der Waals surface area contributed by atoms with Crippen LogP contribution in [0.3, 0.4) is 0 Å². The number of hydrogen-bond acceptors (Lipinski definition) is 3. The third-order valence-electron chi connectivity index (χ3n) is 3.88. The van der Waals surface area contributed by atoms with Gasteiger partial charge in [0, 0.05) is 43.0 Å². The zero-order chi connectivity index (χ0) is 12.5. The first-order chi connectivity index (χ1) is 8.76. The van der Waals surface area contributed by atoms with E-state index in [2.05, 4.69) is 39.2 Å². The fourth-order valence-electron chi connectivity index (χ4n) is 2.75. The molecule has 2 aromatic heterocycles. The SMILES string of the molecule is CNc1cc2[nH]c(CN3CCCC3C)cc2cn1. The monoisotopic (exact) mass is 244 g/mol. The molecule has 2 aromatic rings. The van der Waals surface area contributed by atoms with E-state index in [1.54, 1.807) is 0 Å². The van der Waals surface area contributed by atoms with Crippen molar-refractivity contribution in [2.45, 2.75) is 32.4 Å². The number of anilines is 1. The number of rotatable bonds is 3. The second-order valence-corrected chi connectivity index (χ2v) is 5.16. The average molecular weight is 244 g/mol. The average Bonchev–Trinajstić information content (AvgIpc) is 2.95. The Labute approximate surface area is 107 Å². The van der Waals surface area contributed by atoms with Gasteiger partial charge < -0.3 is 10.3 Å². The predicted octanol–water partition coefficient (Wildman–Crippen LogP) is 2.59. The Bertz CT molecular complexity index is 546. The fraction of sp³-hybridized carbons (Fsp3) is 0.500. The summed E-state index contributed by atoms with van der Waals surface area (Å²) in [6, 6.07) is 4.99. The van der Waals surface area contributed by atoms with E-state index in [4.69, 9.17) is 0 Å². The van der Waals surface area contributed by atoms with Crippen molar-refractivity contribution in [3.63, 3.8) is 0 Å². The normalized spacial score (nSPS) is 20.7. The molecule has 3 rings (SSSR count). The molecule has 0 saturated carbocycles. The van der Waals surface area contributed by atoms with Gasteiger partial charge in [-0.15, -0.1) is 0 Å². The Morgan fingerprint density at radius 2 is 2.39 bits per heavy atom. The van der Waals surface area contributed by atoms with Gasteiger partial charge in [0.1, 0.15) is 5.82 Å². The molecule has 0 amide bonds. The number of nitrogens with zero attached hydrogens (tertiary/aromatic N) is 2. The van der Waals surface area contributed by atoms with Crippen LogP contribution in [-0.4, -0.2) is 34.5 Å². The molecule has 96 valence electrons. The second kappa shape index (κ2) is 4.61. The van der Waals surface area contributed by atoms with Gasteiger partial charge in [0.05, 0.1) is 5.52 Å². The largest absolute Gasteiger partial charge is 0.373 e. The molecule has 1 aliphatic rings. The Hall–Kier alpha value is -1.55. The molecule has 1 fully saturated rings. The topological polar surface area (TPSA) is 44.0 Å². The lowest BCUT2D eigenvalue weighted by Gasteiger charge is -2.19. The van der Waals surface area contributed by atoms with Crippen molar-refractivity contribution < 1.29 is 0 Å². The van der Waals surface area contributed by atoms with Crippen LogP contribution in [0.25, 0.3) is 10.9 Å². The quantitative estimate of drug-likeness (QED) is 0.872. The summed E-state index contributed by atoms with van der Waals surface area (Å²) in [6.07, 6.45) is 4.58. The summed E-state index contributed by atoms with van der Waals surface area (Å²) in [7, 11) is 1.89. The van der Waals surface area contributed by atoms with Gasteiger partial charge in [-0.2, -0.15) is 0 Å². The molecule has 2 N–H and O–H groups in total. The van der Waals surface area contributed by atoms with Gasteiger partial charge in [-0.1, -0.05) is 0 Å². The molecule has 0 aromatic carbocycles. The Balaban J connectivity index is 1.84. The summed E-state index contributed by atoms with van der Waals surface area (Å²) in [5.74, 6) is 0.908. The molecule has 1 unspecified atom stereocenters. The van der Waals surface area contributed by atoms with Crippen molar-refractivity contribution in [2.24, 2.45) is 0 Å². The van der Waals surface area contributed by atoms with E-state index in [1.807, 2.05) is 13.2 Å². The lowest BCUT2D eigenvalue weighted by atomic mass is 10.2. The highest BCUT2D eigenvalue weighted by Crippen LogP contribution is 2.22. The van der Waals surface area contributed by atoms with Crippen LogP contribution in [0.15, 0.2) is 18.3 Å². The first kappa shape index (κ1) is 11.5. The van der Waals surface area contributed by atoms with E-state index in [9.17, 15) is 0 Å². The van der Waals surface area contributed by atoms with Gasteiger partial charge in [-0.25, -0.2) is 4.98 Å². The molecule has 0 spiro atoms. The maximum absolute atomic E-state index is 4.34. The molecule has 18 heavy (non-hydrogen) atoms. The van der Waals surface area contributed by atoms with Crippen LogP contribution in [0.2, 0.25) is 0 Å². The number of aromatic amines is 1. The summed E-state index contributed by atoms with van der Waals surface area (Å²) in [6.45, 7) is 4.55. The van der Waals surface area contributed by atoms with E-state index in [-0.39, 0.29) is 0 Å². The first-order valence-corrected chi connectivity index (χ1v) is 6.65. The minimum Gasteiger partial charge on any atom is -0.373 e. The van der Waals surface area contributed by atoms with E-state index < -0.39 is 0 Å². The lowest BCUT2D eigenvalue weighted by molar-refractivity contribution is 0.258. The predicted molar refractivity (Wildman–Crippen MR) is 74.7 cm³/mol. The van der Waals surface area contributed by atoms with Crippen LogP contribution in [0, 0.1) is 0 Å². The number of fused-ring (bicyclic) bond motifs is 1. The standard InChI is InChI=1S/C14H20N4/c1-10-4-3-5-18(10)9-12-6-11-8-16-14(15-2)7-13(11)17-12/h6-8,10,17H,3-5,9H2,1-2H3,(H,15,16). The van der Waals surface area contributed by atoms with Crippen LogP contribution >= 0.6 is 0 Å². The van der Waals surface area contributed by atoms with E-state index >= 15 is 0 Å². The number of H-pyrrole nitrogens is 1. The first-order valence-electron chi connectivity index (χ1n) is 6.65. The summed E-state index contributed by atoms with van der Waals surface area (Å²) < 4.78 is 0. The molecule has 3 heterocycles. The number of aromatic nitrogens is 2. The van der Waals surface area contributed by atoms with Gasteiger partial charge >= 0.3 is 0 Å². The van der Waals surface area contributed by atoms with Gasteiger partial charge in [-0.05, 0) is 32.4 Å². The van der Waals surface area contributed by atoms with Gasteiger partial charge in [0.2, 0.25) is 0 Å². The fourth-order valence-corrected chi connectivity index (χ4v) is 2.75. The lowest BCUT2D eigenvalue weighted by Crippen LogP contribution is -2.26. The minimum atomic E-state index is 0.711. The maximum atomic E-state index is 4.34. The zero-order valence-electron chi connectivity index (χ0n) is 11.0. The van der Waals surface area contributed by atoms with Crippen molar-refractivity contribution in [2.75, 3.05) is 18.9 Å². The molecule has 0 aliphatic carbocycles. The smallest absolute Gasteiger partial charge is 0.127 e. The van der Waals surface area contributed by atoms with Crippen molar-refractivity contribution >= 4 is 16.7 Å². The Morgan fingerprint density at radius 1 is 1.50 bits per heavy atom. The zero-order valence-corrected chi connectivity index (χ0v) is 11.0. The summed E-state index contributed by atoms with van der Waals surface area (Å²) in [4.78, 5) is 10.4. The number of pyridine rings is 1. The van der Waals surface area contributed by atoms with Gasteiger partial charge in [0.15, 0.2) is 0 Å². The van der Waals surface area contributed by atoms with Gasteiger partial charge in [-0.3, -0.25) is 4.90 Å². The highest BCUT2D eigenvalue weighted by atomic mass is 15.2. The maximum Gasteiger partial charge on any atom is 0.127 e. The van der Waals surface area contributed by atoms with Crippen LogP contribution < -0.4 is 5.32 Å². The molecule has 0 bridgehead atoms. The number of hydrogen-bond donors (Lipinski definition) is 2. The molecular weight excluding hydrogens is 224 g/mol. The Kier molecular flexibility index (Phi) is 2.96. The van der Waals surface area contributed by atoms with Crippen LogP contribution in [-0.2, 0) is 6.54 Å². The van der Waals surface area contributed by atoms with Gasteiger partial charge in [0.25, 0.3) is 0 Å². The van der Waals surface area contributed by atoms with E-state index in [1.165, 1.54) is 30.5 Å². The molecule has 1 aliphatic heterocycles. The second-order valence-electron chi connectivity index (χ2n) is 5.16. The van der Waals surface area contributed by atoms with E-state index in [0.29, 0.717) is 6.04 Å². The van der Waals surface area contributed by atoms with Crippen molar-refractivity contribution in [3.8, 4) is 0 Å².